The third kappa shape index (κ3) is 5.09. The molecule has 1 N–H and O–H groups in total. The van der Waals surface area contributed by atoms with Gasteiger partial charge in [0.25, 0.3) is 5.91 Å². The van der Waals surface area contributed by atoms with Crippen LogP contribution in [0.3, 0.4) is 0 Å². The molecule has 138 valence electrons. The minimum atomic E-state index is -2.73. The van der Waals surface area contributed by atoms with E-state index in [2.05, 4.69) is 4.72 Å². The molecule has 1 aliphatic rings. The summed E-state index contributed by atoms with van der Waals surface area (Å²) < 4.78 is 28.7. The highest BCUT2D eigenvalue weighted by atomic mass is 32.2. The number of thiol groups is 1. The molecule has 25 heavy (non-hydrogen) atoms. The lowest BCUT2D eigenvalue weighted by Crippen LogP contribution is -2.55. The first-order chi connectivity index (χ1) is 11.8. The number of carbonyl (C=O) groups is 2. The molecule has 1 atom stereocenters. The van der Waals surface area contributed by atoms with Crippen LogP contribution in [0.15, 0.2) is 24.3 Å². The van der Waals surface area contributed by atoms with Crippen LogP contribution >= 0.6 is 0 Å². The van der Waals surface area contributed by atoms with Crippen LogP contribution in [0.2, 0.25) is 0 Å². The van der Waals surface area contributed by atoms with Gasteiger partial charge in [0.1, 0.15) is 0 Å². The van der Waals surface area contributed by atoms with Crippen LogP contribution in [0.4, 0.5) is 10.5 Å². The highest BCUT2D eigenvalue weighted by molar-refractivity contribution is 7.73. The molecule has 0 saturated carbocycles. The number of piperazine rings is 1. The highest BCUT2D eigenvalue weighted by Gasteiger charge is 2.31. The third-order valence-electron chi connectivity index (χ3n) is 3.84. The van der Waals surface area contributed by atoms with Gasteiger partial charge in [-0.05, 0) is 45.0 Å². The second-order valence-electron chi connectivity index (χ2n) is 6.17. The number of rotatable bonds is 4. The van der Waals surface area contributed by atoms with Crippen LogP contribution in [0.5, 0.6) is 0 Å². The summed E-state index contributed by atoms with van der Waals surface area (Å²) >= 11 is 0. The minimum Gasteiger partial charge on any atom is -0.447 e. The van der Waals surface area contributed by atoms with Gasteiger partial charge in [0.05, 0.1) is 6.10 Å². The van der Waals surface area contributed by atoms with Crippen molar-refractivity contribution >= 4 is 28.6 Å². The summed E-state index contributed by atoms with van der Waals surface area (Å²) in [6.07, 6.45) is -0.546. The number of hydrogen-bond acceptors (Lipinski definition) is 5. The molecule has 0 aliphatic carbocycles. The third-order valence-corrected chi connectivity index (χ3v) is 4.28. The zero-order chi connectivity index (χ0) is 18.6. The van der Waals surface area contributed by atoms with Crippen LogP contribution in [0.1, 0.15) is 31.1 Å². The Kier molecular flexibility index (Phi) is 6.24. The van der Waals surface area contributed by atoms with Crippen molar-refractivity contribution in [1.82, 2.24) is 9.80 Å². The van der Waals surface area contributed by atoms with Gasteiger partial charge in [-0.3, -0.25) is 9.52 Å². The zero-order valence-corrected chi connectivity index (χ0v) is 15.4. The second kappa shape index (κ2) is 8.19. The number of nitrogens with zero attached hydrogens (tertiary/aromatic N) is 2. The summed E-state index contributed by atoms with van der Waals surface area (Å²) in [4.78, 5) is 27.9. The van der Waals surface area contributed by atoms with Crippen molar-refractivity contribution in [2.45, 2.75) is 32.9 Å². The molecule has 1 fully saturated rings. The van der Waals surface area contributed by atoms with Crippen LogP contribution in [0.25, 0.3) is 0 Å². The lowest BCUT2D eigenvalue weighted by molar-refractivity contribution is 0.0338. The fourth-order valence-electron chi connectivity index (χ4n) is 2.66. The molecule has 1 aromatic rings. The van der Waals surface area contributed by atoms with Gasteiger partial charge in [-0.25, -0.2) is 13.2 Å². The van der Waals surface area contributed by atoms with Crippen LogP contribution in [0, 0.1) is 0 Å². The van der Waals surface area contributed by atoms with E-state index in [1.165, 1.54) is 0 Å². The van der Waals surface area contributed by atoms with Crippen molar-refractivity contribution < 1.29 is 22.7 Å². The van der Waals surface area contributed by atoms with Crippen LogP contribution in [-0.4, -0.2) is 62.0 Å². The lowest BCUT2D eigenvalue weighted by atomic mass is 10.1. The SMILES string of the molecule is CC(C)OC(=O)N1CCN(C(=O)c2ccc(N[SH](=O)=O)cc2)[C@@H](C)C1. The number of amides is 2. The largest absolute Gasteiger partial charge is 0.447 e. The predicted octanol–water partition coefficient (Wildman–Crippen LogP) is 1.32. The fourth-order valence-corrected chi connectivity index (χ4v) is 3.02. The Labute approximate surface area is 148 Å². The first kappa shape index (κ1) is 19.0. The van der Waals surface area contributed by atoms with E-state index in [-0.39, 0.29) is 24.1 Å². The normalized spacial score (nSPS) is 17.7. The first-order valence-corrected chi connectivity index (χ1v) is 9.23. The molecular weight excluding hydrogens is 346 g/mol. The molecule has 1 aliphatic heterocycles. The number of ether oxygens (including phenoxy) is 1. The lowest BCUT2D eigenvalue weighted by Gasteiger charge is -2.39. The van der Waals surface area contributed by atoms with Crippen molar-refractivity contribution in [3.8, 4) is 0 Å². The number of benzene rings is 1. The van der Waals surface area contributed by atoms with Crippen molar-refractivity contribution in [3.63, 3.8) is 0 Å². The maximum Gasteiger partial charge on any atom is 0.410 e. The Morgan fingerprint density at radius 2 is 1.84 bits per heavy atom. The highest BCUT2D eigenvalue weighted by Crippen LogP contribution is 2.17. The minimum absolute atomic E-state index is 0.144. The van der Waals surface area contributed by atoms with E-state index in [4.69, 9.17) is 4.74 Å². The van der Waals surface area contributed by atoms with E-state index < -0.39 is 10.9 Å². The molecule has 0 aromatic heterocycles. The van der Waals surface area contributed by atoms with E-state index in [0.29, 0.717) is 30.9 Å². The average Bonchev–Trinajstić information content (AvgIpc) is 2.53. The molecule has 2 amide bonds. The van der Waals surface area contributed by atoms with Crippen LogP contribution in [-0.2, 0) is 15.6 Å². The predicted molar refractivity (Wildman–Crippen MR) is 94.1 cm³/mol. The molecule has 1 aromatic carbocycles. The van der Waals surface area contributed by atoms with Crippen molar-refractivity contribution in [2.75, 3.05) is 24.4 Å². The Morgan fingerprint density at radius 3 is 2.36 bits per heavy atom. The zero-order valence-electron chi connectivity index (χ0n) is 14.5. The summed E-state index contributed by atoms with van der Waals surface area (Å²) in [5.41, 5.74) is 0.874. The quantitative estimate of drug-likeness (QED) is 0.781. The molecule has 8 nitrogen and oxygen atoms in total. The van der Waals surface area contributed by atoms with E-state index >= 15 is 0 Å². The van der Waals surface area contributed by atoms with E-state index in [1.807, 2.05) is 6.92 Å². The van der Waals surface area contributed by atoms with E-state index in [1.54, 1.807) is 47.9 Å². The first-order valence-electron chi connectivity index (χ1n) is 8.05. The molecular formula is C16H23N3O5S. The Balaban J connectivity index is 2.00. The van der Waals surface area contributed by atoms with E-state index in [9.17, 15) is 18.0 Å². The van der Waals surface area contributed by atoms with Gasteiger partial charge in [-0.15, -0.1) is 0 Å². The van der Waals surface area contributed by atoms with Gasteiger partial charge in [0.2, 0.25) is 10.9 Å². The standard InChI is InChI=1S/C16H23N3O5S/c1-11(2)24-16(21)18-8-9-19(12(3)10-18)15(20)13-4-6-14(7-5-13)17-25(22)23/h4-7,11-12,25H,8-10H2,1-3H3,(H,17,22,23)/t12-/m0/s1. The summed E-state index contributed by atoms with van der Waals surface area (Å²) in [6.45, 7) is 6.71. The number of hydrogen-bond donors (Lipinski definition) is 2. The average molecular weight is 369 g/mol. The summed E-state index contributed by atoms with van der Waals surface area (Å²) in [6, 6.07) is 6.10. The van der Waals surface area contributed by atoms with Gasteiger partial charge in [-0.1, -0.05) is 0 Å². The monoisotopic (exact) mass is 369 g/mol. The van der Waals surface area contributed by atoms with Crippen molar-refractivity contribution in [1.29, 1.82) is 0 Å². The molecule has 9 heteroatoms. The number of anilines is 1. The Hall–Kier alpha value is -2.29. The Morgan fingerprint density at radius 1 is 1.20 bits per heavy atom. The van der Waals surface area contributed by atoms with Crippen molar-refractivity contribution in [3.05, 3.63) is 29.8 Å². The molecule has 0 unspecified atom stereocenters. The van der Waals surface area contributed by atoms with E-state index in [0.717, 1.165) is 0 Å². The topological polar surface area (TPSA) is 96.0 Å². The van der Waals surface area contributed by atoms with Gasteiger partial charge < -0.3 is 14.5 Å². The maximum atomic E-state index is 12.6. The van der Waals surface area contributed by atoms with Crippen LogP contribution < -0.4 is 4.72 Å². The van der Waals surface area contributed by atoms with Gasteiger partial charge in [0, 0.05) is 36.9 Å². The Bertz CT molecular complexity index is 694. The molecule has 1 heterocycles. The van der Waals surface area contributed by atoms with Crippen molar-refractivity contribution in [2.24, 2.45) is 0 Å². The second-order valence-corrected chi connectivity index (χ2v) is 6.91. The van der Waals surface area contributed by atoms with Gasteiger partial charge in [-0.2, -0.15) is 0 Å². The number of nitrogens with one attached hydrogen (secondary N) is 1. The summed E-state index contributed by atoms with van der Waals surface area (Å²) in [7, 11) is -2.73. The molecule has 2 rings (SSSR count). The van der Waals surface area contributed by atoms with Gasteiger partial charge >= 0.3 is 6.09 Å². The molecule has 0 radical (unpaired) electrons. The molecule has 0 bridgehead atoms. The molecule has 1 saturated heterocycles. The smallest absolute Gasteiger partial charge is 0.410 e. The van der Waals surface area contributed by atoms with Gasteiger partial charge in [0.15, 0.2) is 0 Å². The summed E-state index contributed by atoms with van der Waals surface area (Å²) in [5, 5.41) is 0. The molecule has 0 spiro atoms. The summed E-state index contributed by atoms with van der Waals surface area (Å²) in [5.74, 6) is -0.151. The maximum absolute atomic E-state index is 12.6. The fraction of sp³-hybridized carbons (Fsp3) is 0.500. The number of carbonyl (C=O) groups excluding carboxylic acids is 2.